The van der Waals surface area contributed by atoms with Crippen LogP contribution in [-0.2, 0) is 14.3 Å². The van der Waals surface area contributed by atoms with Crippen molar-refractivity contribution in [3.8, 4) is 17.2 Å². The van der Waals surface area contributed by atoms with Crippen LogP contribution in [0.3, 0.4) is 0 Å². The molecule has 0 bridgehead atoms. The summed E-state index contributed by atoms with van der Waals surface area (Å²) in [5.41, 5.74) is -1.17. The summed E-state index contributed by atoms with van der Waals surface area (Å²) < 4.78 is 17.0. The standard InChI is InChI=1S/C22H28O14/c1-5(2-8(25)26)9-14(29)10(20-18(33)16(31)12(27)6(3-23)34-20)19-11(15(9)30)21-22(36-19)17(32)13(28)7(4-24)35-21/h2,6-7,12-13,16-18,20-24,27-33H,3-4H2,1H3,(H,25,26)/b5-2+/t6-,7+,12+,13+,16+,17+,18-,20+,21-,22-/m0/s1. The SMILES string of the molecule is C/C(=C\C(=O)O)c1c(O)c([C@H]2O[C@@H](CO)[C@@H](O)[C@@H](O)[C@@H]2O)c2c(c1O)[C@@H]1O[C@H](CO)[C@@H](O)[C@@H](O)[C@@H]1O2. The summed E-state index contributed by atoms with van der Waals surface area (Å²) in [5, 5.41) is 103. The first-order valence-electron chi connectivity index (χ1n) is 11.1. The van der Waals surface area contributed by atoms with Crippen LogP contribution < -0.4 is 4.74 Å². The predicted molar refractivity (Wildman–Crippen MR) is 115 cm³/mol. The molecule has 10 atom stereocenters. The molecule has 2 fully saturated rings. The van der Waals surface area contributed by atoms with Crippen LogP contribution >= 0.6 is 0 Å². The van der Waals surface area contributed by atoms with Gasteiger partial charge in [-0.15, -0.1) is 0 Å². The van der Waals surface area contributed by atoms with Gasteiger partial charge in [-0.25, -0.2) is 4.79 Å². The second-order valence-electron chi connectivity index (χ2n) is 8.99. The molecule has 3 aliphatic rings. The summed E-state index contributed by atoms with van der Waals surface area (Å²) in [6, 6.07) is 0. The Hall–Kier alpha value is -2.53. The number of hydrogen-bond acceptors (Lipinski definition) is 13. The molecule has 3 heterocycles. The van der Waals surface area contributed by atoms with Gasteiger partial charge < -0.3 is 65.3 Å². The maximum Gasteiger partial charge on any atom is 0.328 e. The number of benzene rings is 1. The third-order valence-electron chi connectivity index (χ3n) is 6.79. The molecule has 4 rings (SSSR count). The lowest BCUT2D eigenvalue weighted by Crippen LogP contribution is -2.55. The van der Waals surface area contributed by atoms with E-state index in [1.165, 1.54) is 6.92 Å². The molecule has 14 heteroatoms. The van der Waals surface area contributed by atoms with Gasteiger partial charge in [-0.2, -0.15) is 0 Å². The quantitative estimate of drug-likeness (QED) is 0.175. The lowest BCUT2D eigenvalue weighted by molar-refractivity contribution is -0.232. The number of carboxylic acids is 1. The summed E-state index contributed by atoms with van der Waals surface area (Å²) in [6.45, 7) is -0.234. The van der Waals surface area contributed by atoms with Gasteiger partial charge in [0.05, 0.1) is 29.9 Å². The number of allylic oxidation sites excluding steroid dienone is 1. The molecule has 1 aromatic carbocycles. The maximum atomic E-state index is 11.3. The molecule has 10 N–H and O–H groups in total. The first-order valence-corrected chi connectivity index (χ1v) is 11.1. The molecule has 0 amide bonds. The molecule has 200 valence electrons. The number of fused-ring (bicyclic) bond motifs is 3. The predicted octanol–water partition coefficient (Wildman–Crippen LogP) is -2.98. The average Bonchev–Trinajstić information content (AvgIpc) is 3.20. The fourth-order valence-electron chi connectivity index (χ4n) is 4.96. The minimum absolute atomic E-state index is 0.148. The van der Waals surface area contributed by atoms with Crippen molar-refractivity contribution in [1.82, 2.24) is 0 Å². The van der Waals surface area contributed by atoms with Gasteiger partial charge >= 0.3 is 5.97 Å². The van der Waals surface area contributed by atoms with E-state index in [-0.39, 0.29) is 16.9 Å². The number of carbonyl (C=O) groups is 1. The number of carboxylic acid groups (broad SMARTS) is 1. The van der Waals surface area contributed by atoms with Gasteiger partial charge in [-0.05, 0) is 12.5 Å². The second kappa shape index (κ2) is 9.74. The molecular formula is C22H28O14. The Labute approximate surface area is 203 Å². The maximum absolute atomic E-state index is 11.3. The number of phenols is 2. The molecule has 1 aromatic rings. The van der Waals surface area contributed by atoms with Gasteiger partial charge in [-0.3, -0.25) is 0 Å². The van der Waals surface area contributed by atoms with E-state index in [0.717, 1.165) is 0 Å². The Morgan fingerprint density at radius 3 is 1.83 bits per heavy atom. The molecule has 2 saturated heterocycles. The van der Waals surface area contributed by atoms with Crippen molar-refractivity contribution in [3.63, 3.8) is 0 Å². The van der Waals surface area contributed by atoms with Gasteiger partial charge in [0.2, 0.25) is 0 Å². The Balaban J connectivity index is 1.96. The highest BCUT2D eigenvalue weighted by Crippen LogP contribution is 2.58. The third kappa shape index (κ3) is 4.00. The molecule has 0 spiro atoms. The average molecular weight is 516 g/mol. The van der Waals surface area contributed by atoms with Crippen LogP contribution in [0.25, 0.3) is 5.57 Å². The highest BCUT2D eigenvalue weighted by molar-refractivity contribution is 5.92. The van der Waals surface area contributed by atoms with E-state index < -0.39 is 103 Å². The minimum atomic E-state index is -1.90. The van der Waals surface area contributed by atoms with Gasteiger partial charge in [0.15, 0.2) is 6.10 Å². The van der Waals surface area contributed by atoms with Crippen LogP contribution in [0.1, 0.15) is 35.8 Å². The molecular weight excluding hydrogens is 488 g/mol. The summed E-state index contributed by atoms with van der Waals surface area (Å²) in [5.74, 6) is -3.28. The fraction of sp³-hybridized carbons (Fsp3) is 0.591. The minimum Gasteiger partial charge on any atom is -0.507 e. The molecule has 0 aromatic heterocycles. The Kier molecular flexibility index (Phi) is 7.18. The number of rotatable bonds is 5. The topological polar surface area (TPSA) is 247 Å². The van der Waals surface area contributed by atoms with Crippen LogP contribution in [0.4, 0.5) is 0 Å². The Bertz CT molecular complexity index is 1050. The molecule has 36 heavy (non-hydrogen) atoms. The van der Waals surface area contributed by atoms with Crippen molar-refractivity contribution in [3.05, 3.63) is 22.8 Å². The molecule has 0 radical (unpaired) electrons. The number of ether oxygens (including phenoxy) is 3. The van der Waals surface area contributed by atoms with E-state index in [1.807, 2.05) is 0 Å². The largest absolute Gasteiger partial charge is 0.507 e. The van der Waals surface area contributed by atoms with Crippen molar-refractivity contribution >= 4 is 11.5 Å². The molecule has 3 aliphatic heterocycles. The number of aliphatic hydroxyl groups excluding tert-OH is 7. The zero-order valence-electron chi connectivity index (χ0n) is 18.9. The van der Waals surface area contributed by atoms with Crippen molar-refractivity contribution in [1.29, 1.82) is 0 Å². The van der Waals surface area contributed by atoms with E-state index in [2.05, 4.69) is 0 Å². The van der Waals surface area contributed by atoms with Crippen molar-refractivity contribution in [2.45, 2.75) is 68.0 Å². The van der Waals surface area contributed by atoms with E-state index in [9.17, 15) is 55.9 Å². The van der Waals surface area contributed by atoms with Crippen LogP contribution in [0.5, 0.6) is 17.2 Å². The highest BCUT2D eigenvalue weighted by Gasteiger charge is 2.55. The summed E-state index contributed by atoms with van der Waals surface area (Å²) in [4.78, 5) is 11.3. The lowest BCUT2D eigenvalue weighted by Gasteiger charge is -2.40. The first kappa shape index (κ1) is 26.5. The van der Waals surface area contributed by atoms with E-state index >= 15 is 0 Å². The van der Waals surface area contributed by atoms with Gasteiger partial charge in [0.25, 0.3) is 0 Å². The third-order valence-corrected chi connectivity index (χ3v) is 6.79. The summed E-state index contributed by atoms with van der Waals surface area (Å²) in [7, 11) is 0. The summed E-state index contributed by atoms with van der Waals surface area (Å²) in [6.07, 6.45) is -15.1. The normalized spacial score (nSPS) is 38.3. The van der Waals surface area contributed by atoms with E-state index in [1.54, 1.807) is 0 Å². The number of hydrogen-bond donors (Lipinski definition) is 10. The lowest BCUT2D eigenvalue weighted by atomic mass is 9.85. The van der Waals surface area contributed by atoms with Crippen LogP contribution in [0.2, 0.25) is 0 Å². The molecule has 0 saturated carbocycles. The molecule has 14 nitrogen and oxygen atoms in total. The Morgan fingerprint density at radius 2 is 1.31 bits per heavy atom. The number of phenolic OH excluding ortho intramolecular Hbond substituents is 2. The van der Waals surface area contributed by atoms with E-state index in [4.69, 9.17) is 14.2 Å². The zero-order valence-corrected chi connectivity index (χ0v) is 18.9. The molecule has 0 aliphatic carbocycles. The smallest absolute Gasteiger partial charge is 0.328 e. The number of aliphatic hydroxyl groups is 7. The van der Waals surface area contributed by atoms with Gasteiger partial charge in [0, 0.05) is 6.08 Å². The van der Waals surface area contributed by atoms with Crippen molar-refractivity contribution in [2.24, 2.45) is 0 Å². The van der Waals surface area contributed by atoms with Gasteiger partial charge in [-0.1, -0.05) is 0 Å². The van der Waals surface area contributed by atoms with Crippen LogP contribution in [0, 0.1) is 0 Å². The van der Waals surface area contributed by atoms with Crippen LogP contribution in [0.15, 0.2) is 6.08 Å². The number of aliphatic carboxylic acids is 1. The fourth-order valence-corrected chi connectivity index (χ4v) is 4.96. The van der Waals surface area contributed by atoms with Crippen molar-refractivity contribution < 1.29 is 70.1 Å². The van der Waals surface area contributed by atoms with Crippen LogP contribution in [-0.4, -0.2) is 119 Å². The van der Waals surface area contributed by atoms with Crippen molar-refractivity contribution in [2.75, 3.05) is 13.2 Å². The first-order chi connectivity index (χ1) is 16.9. The highest BCUT2D eigenvalue weighted by atomic mass is 16.6. The zero-order chi connectivity index (χ0) is 26.6. The number of aromatic hydroxyl groups is 2. The summed E-state index contributed by atoms with van der Waals surface area (Å²) >= 11 is 0. The Morgan fingerprint density at radius 1 is 0.806 bits per heavy atom. The second-order valence-corrected chi connectivity index (χ2v) is 8.99. The monoisotopic (exact) mass is 516 g/mol. The van der Waals surface area contributed by atoms with Gasteiger partial charge in [0.1, 0.15) is 72.2 Å². The molecule has 0 unspecified atom stereocenters. The van der Waals surface area contributed by atoms with E-state index in [0.29, 0.717) is 6.08 Å².